The standard InChI is InChI=1S/C16H20/c1-3-5-8-12-15(11-6-4-2)16-13-9-7-10-14-16/h7-10,12-15H,4,6,11H2,1-2H3/b12-8-. The summed E-state index contributed by atoms with van der Waals surface area (Å²) < 4.78 is 0. The fraction of sp³-hybridized carbons (Fsp3) is 0.375. The minimum Gasteiger partial charge on any atom is -0.102 e. The lowest BCUT2D eigenvalue weighted by Gasteiger charge is -2.12. The van der Waals surface area contributed by atoms with E-state index >= 15 is 0 Å². The molecule has 1 aromatic carbocycles. The van der Waals surface area contributed by atoms with Crippen LogP contribution in [0.5, 0.6) is 0 Å². The highest BCUT2D eigenvalue weighted by atomic mass is 14.1. The Morgan fingerprint density at radius 2 is 2.00 bits per heavy atom. The summed E-state index contributed by atoms with van der Waals surface area (Å²) >= 11 is 0. The molecular weight excluding hydrogens is 192 g/mol. The zero-order valence-electron chi connectivity index (χ0n) is 10.2. The number of hydrogen-bond donors (Lipinski definition) is 0. The van der Waals surface area contributed by atoms with Crippen molar-refractivity contribution < 1.29 is 0 Å². The van der Waals surface area contributed by atoms with E-state index in [2.05, 4.69) is 55.2 Å². The van der Waals surface area contributed by atoms with Crippen molar-refractivity contribution in [3.63, 3.8) is 0 Å². The van der Waals surface area contributed by atoms with Crippen LogP contribution in [-0.4, -0.2) is 0 Å². The van der Waals surface area contributed by atoms with Gasteiger partial charge in [-0.3, -0.25) is 0 Å². The average Bonchev–Trinajstić information content (AvgIpc) is 2.35. The summed E-state index contributed by atoms with van der Waals surface area (Å²) in [4.78, 5) is 0. The third-order valence-corrected chi connectivity index (χ3v) is 2.65. The molecule has 1 atom stereocenters. The zero-order valence-corrected chi connectivity index (χ0v) is 10.2. The van der Waals surface area contributed by atoms with E-state index < -0.39 is 0 Å². The van der Waals surface area contributed by atoms with Crippen LogP contribution in [0.4, 0.5) is 0 Å². The zero-order chi connectivity index (χ0) is 11.6. The molecule has 84 valence electrons. The van der Waals surface area contributed by atoms with Gasteiger partial charge in [0.1, 0.15) is 0 Å². The van der Waals surface area contributed by atoms with Crippen molar-refractivity contribution in [3.8, 4) is 11.8 Å². The quantitative estimate of drug-likeness (QED) is 0.629. The average molecular weight is 212 g/mol. The summed E-state index contributed by atoms with van der Waals surface area (Å²) in [6, 6.07) is 10.7. The highest BCUT2D eigenvalue weighted by Gasteiger charge is 2.05. The number of hydrogen-bond acceptors (Lipinski definition) is 0. The van der Waals surface area contributed by atoms with Crippen LogP contribution < -0.4 is 0 Å². The first kappa shape index (κ1) is 12.6. The Kier molecular flexibility index (Phi) is 6.11. The van der Waals surface area contributed by atoms with E-state index in [1.54, 1.807) is 0 Å². The largest absolute Gasteiger partial charge is 0.102 e. The van der Waals surface area contributed by atoms with Crippen molar-refractivity contribution in [1.82, 2.24) is 0 Å². The van der Waals surface area contributed by atoms with Crippen LogP contribution in [0.1, 0.15) is 44.6 Å². The molecule has 0 fully saturated rings. The minimum absolute atomic E-state index is 0.516. The van der Waals surface area contributed by atoms with Crippen LogP contribution in [0, 0.1) is 11.8 Å². The van der Waals surface area contributed by atoms with Crippen LogP contribution >= 0.6 is 0 Å². The monoisotopic (exact) mass is 212 g/mol. The lowest BCUT2D eigenvalue weighted by Crippen LogP contribution is -1.94. The second-order valence-electron chi connectivity index (χ2n) is 3.91. The van der Waals surface area contributed by atoms with Crippen molar-refractivity contribution >= 4 is 0 Å². The fourth-order valence-electron chi connectivity index (χ4n) is 1.75. The van der Waals surface area contributed by atoms with Gasteiger partial charge < -0.3 is 0 Å². The van der Waals surface area contributed by atoms with E-state index in [0.717, 1.165) is 0 Å². The number of allylic oxidation sites excluding steroid dienone is 2. The van der Waals surface area contributed by atoms with Crippen molar-refractivity contribution in [2.45, 2.75) is 39.0 Å². The first-order valence-electron chi connectivity index (χ1n) is 6.02. The summed E-state index contributed by atoms with van der Waals surface area (Å²) in [5.74, 6) is 6.40. The molecule has 0 heterocycles. The summed E-state index contributed by atoms with van der Waals surface area (Å²) in [5, 5.41) is 0. The topological polar surface area (TPSA) is 0 Å². The second kappa shape index (κ2) is 7.77. The SMILES string of the molecule is CC#C/C=C\C(CCCC)c1ccccc1. The molecule has 0 N–H and O–H groups in total. The fourth-order valence-corrected chi connectivity index (χ4v) is 1.75. The van der Waals surface area contributed by atoms with E-state index in [9.17, 15) is 0 Å². The highest BCUT2D eigenvalue weighted by Crippen LogP contribution is 2.23. The Bertz CT molecular complexity index is 362. The van der Waals surface area contributed by atoms with E-state index in [0.29, 0.717) is 5.92 Å². The molecule has 0 aliphatic heterocycles. The first-order valence-corrected chi connectivity index (χ1v) is 6.02. The molecule has 0 radical (unpaired) electrons. The molecule has 0 aromatic heterocycles. The molecule has 0 saturated carbocycles. The number of benzene rings is 1. The maximum atomic E-state index is 2.99. The summed E-state index contributed by atoms with van der Waals surface area (Å²) in [7, 11) is 0. The maximum Gasteiger partial charge on any atom is 0.00273 e. The van der Waals surface area contributed by atoms with Gasteiger partial charge in [0.25, 0.3) is 0 Å². The Balaban J connectivity index is 2.73. The van der Waals surface area contributed by atoms with Crippen LogP contribution in [0.15, 0.2) is 42.5 Å². The Hall–Kier alpha value is -1.48. The van der Waals surface area contributed by atoms with Gasteiger partial charge in [-0.1, -0.05) is 62.1 Å². The van der Waals surface area contributed by atoms with Gasteiger partial charge in [-0.25, -0.2) is 0 Å². The van der Waals surface area contributed by atoms with Gasteiger partial charge in [-0.05, 0) is 25.0 Å². The molecule has 0 saturated heterocycles. The molecular formula is C16H20. The van der Waals surface area contributed by atoms with Gasteiger partial charge in [-0.2, -0.15) is 0 Å². The predicted molar refractivity (Wildman–Crippen MR) is 71.3 cm³/mol. The molecule has 0 aliphatic rings. The van der Waals surface area contributed by atoms with E-state index in [1.807, 2.05) is 13.0 Å². The maximum absolute atomic E-state index is 2.99. The van der Waals surface area contributed by atoms with E-state index in [1.165, 1.54) is 24.8 Å². The molecule has 0 spiro atoms. The normalized spacial score (nSPS) is 12.1. The molecule has 0 aliphatic carbocycles. The summed E-state index contributed by atoms with van der Waals surface area (Å²) in [5.41, 5.74) is 1.39. The van der Waals surface area contributed by atoms with Gasteiger partial charge in [0.15, 0.2) is 0 Å². The Labute approximate surface area is 99.4 Å². The van der Waals surface area contributed by atoms with E-state index in [4.69, 9.17) is 0 Å². The number of unbranched alkanes of at least 4 members (excludes halogenated alkanes) is 1. The van der Waals surface area contributed by atoms with Crippen molar-refractivity contribution in [3.05, 3.63) is 48.0 Å². The van der Waals surface area contributed by atoms with Gasteiger partial charge in [-0.15, -0.1) is 5.92 Å². The minimum atomic E-state index is 0.516. The third kappa shape index (κ3) is 4.36. The summed E-state index contributed by atoms with van der Waals surface area (Å²) in [6.07, 6.45) is 7.93. The van der Waals surface area contributed by atoms with Crippen molar-refractivity contribution in [2.75, 3.05) is 0 Å². The molecule has 1 unspecified atom stereocenters. The van der Waals surface area contributed by atoms with Crippen LogP contribution in [0.2, 0.25) is 0 Å². The summed E-state index contributed by atoms with van der Waals surface area (Å²) in [6.45, 7) is 4.10. The van der Waals surface area contributed by atoms with Gasteiger partial charge in [0, 0.05) is 5.92 Å². The van der Waals surface area contributed by atoms with E-state index in [-0.39, 0.29) is 0 Å². The van der Waals surface area contributed by atoms with Gasteiger partial charge in [0.2, 0.25) is 0 Å². The first-order chi connectivity index (χ1) is 7.88. The molecule has 1 rings (SSSR count). The van der Waals surface area contributed by atoms with Crippen molar-refractivity contribution in [2.24, 2.45) is 0 Å². The third-order valence-electron chi connectivity index (χ3n) is 2.65. The van der Waals surface area contributed by atoms with Crippen molar-refractivity contribution in [1.29, 1.82) is 0 Å². The molecule has 0 nitrogen and oxygen atoms in total. The molecule has 0 heteroatoms. The molecule has 16 heavy (non-hydrogen) atoms. The number of rotatable bonds is 5. The Morgan fingerprint density at radius 1 is 1.25 bits per heavy atom. The van der Waals surface area contributed by atoms with Gasteiger partial charge in [0.05, 0.1) is 0 Å². The molecule has 0 bridgehead atoms. The van der Waals surface area contributed by atoms with Crippen LogP contribution in [-0.2, 0) is 0 Å². The lowest BCUT2D eigenvalue weighted by molar-refractivity contribution is 0.664. The van der Waals surface area contributed by atoms with Gasteiger partial charge >= 0.3 is 0 Å². The Morgan fingerprint density at radius 3 is 2.62 bits per heavy atom. The van der Waals surface area contributed by atoms with Crippen LogP contribution in [0.25, 0.3) is 0 Å². The predicted octanol–water partition coefficient (Wildman–Crippen LogP) is 4.54. The smallest absolute Gasteiger partial charge is 0.00273 e. The highest BCUT2D eigenvalue weighted by molar-refractivity contribution is 5.26. The molecule has 1 aromatic rings. The van der Waals surface area contributed by atoms with Crippen LogP contribution in [0.3, 0.4) is 0 Å². The second-order valence-corrected chi connectivity index (χ2v) is 3.91. The molecule has 0 amide bonds. The lowest BCUT2D eigenvalue weighted by atomic mass is 9.93.